The topological polar surface area (TPSA) is 141 Å². The molecular weight excluding hydrogens is 200 g/mol. The zero-order chi connectivity index (χ0) is 11.4. The van der Waals surface area contributed by atoms with E-state index < -0.39 is 30.3 Å². The molecule has 0 fully saturated rings. The molecule has 0 aliphatic heterocycles. The monoisotopic (exact) mass is 208 g/mol. The van der Waals surface area contributed by atoms with Gasteiger partial charge >= 0.3 is 11.9 Å². The lowest BCUT2D eigenvalue weighted by Gasteiger charge is -2.26. The molecule has 0 bridgehead atoms. The summed E-state index contributed by atoms with van der Waals surface area (Å²) in [5, 5.41) is 34.5. The Kier molecular flexibility index (Phi) is 3.99. The van der Waals surface area contributed by atoms with Crippen LogP contribution in [-0.2, 0) is 19.1 Å². The second-order valence-electron chi connectivity index (χ2n) is 2.37. The van der Waals surface area contributed by atoms with Gasteiger partial charge in [-0.15, -0.1) is 0 Å². The first-order chi connectivity index (χ1) is 6.33. The minimum atomic E-state index is -2.96. The van der Waals surface area contributed by atoms with E-state index in [0.29, 0.717) is 0 Å². The smallest absolute Gasteiger partial charge is 0.339 e. The first-order valence-electron chi connectivity index (χ1n) is 3.30. The lowest BCUT2D eigenvalue weighted by molar-refractivity contribution is -0.242. The standard InChI is InChI=1S/C6H8O8/c7-2-14-6(13,1-3(8)9)4(10)5(11)12/h2,4,10,13H,1H2,(H,8,9)(H,11,12). The van der Waals surface area contributed by atoms with Gasteiger partial charge in [0.1, 0.15) is 6.42 Å². The fourth-order valence-electron chi connectivity index (χ4n) is 0.696. The summed E-state index contributed by atoms with van der Waals surface area (Å²) < 4.78 is 3.83. The van der Waals surface area contributed by atoms with Crippen LogP contribution in [0.3, 0.4) is 0 Å². The van der Waals surface area contributed by atoms with E-state index in [4.69, 9.17) is 20.4 Å². The van der Waals surface area contributed by atoms with Crippen LogP contribution in [0.15, 0.2) is 0 Å². The molecule has 0 aliphatic rings. The van der Waals surface area contributed by atoms with Crippen molar-refractivity contribution in [2.24, 2.45) is 0 Å². The van der Waals surface area contributed by atoms with Crippen molar-refractivity contribution in [3.63, 3.8) is 0 Å². The number of carbonyl (C=O) groups excluding carboxylic acids is 1. The van der Waals surface area contributed by atoms with Gasteiger partial charge in [0.05, 0.1) is 0 Å². The lowest BCUT2D eigenvalue weighted by Crippen LogP contribution is -2.50. The molecule has 8 nitrogen and oxygen atoms in total. The average Bonchev–Trinajstić information content (AvgIpc) is 2.01. The Balaban J connectivity index is 4.77. The van der Waals surface area contributed by atoms with Gasteiger partial charge in [-0.2, -0.15) is 0 Å². The van der Waals surface area contributed by atoms with Crippen LogP contribution in [0.2, 0.25) is 0 Å². The molecule has 0 aromatic heterocycles. The third-order valence-electron chi connectivity index (χ3n) is 1.32. The van der Waals surface area contributed by atoms with Gasteiger partial charge < -0.3 is 25.2 Å². The summed E-state index contributed by atoms with van der Waals surface area (Å²) in [6, 6.07) is 0. The first-order valence-corrected chi connectivity index (χ1v) is 3.30. The fourth-order valence-corrected chi connectivity index (χ4v) is 0.696. The van der Waals surface area contributed by atoms with Crippen molar-refractivity contribution in [3.8, 4) is 0 Å². The Bertz CT molecular complexity index is 248. The number of aliphatic hydroxyl groups excluding tert-OH is 1. The number of carboxylic acids is 2. The van der Waals surface area contributed by atoms with Crippen LogP contribution in [0, 0.1) is 0 Å². The van der Waals surface area contributed by atoms with E-state index in [1.807, 2.05) is 0 Å². The third kappa shape index (κ3) is 2.99. The predicted octanol–water partition coefficient (Wildman–Crippen LogP) is -2.23. The quantitative estimate of drug-likeness (QED) is 0.283. The van der Waals surface area contributed by atoms with Gasteiger partial charge in [-0.05, 0) is 0 Å². The number of ether oxygens (including phenoxy) is 1. The van der Waals surface area contributed by atoms with Crippen molar-refractivity contribution >= 4 is 18.4 Å². The molecule has 0 rings (SSSR count). The molecule has 8 heteroatoms. The molecule has 0 heterocycles. The number of aliphatic hydroxyl groups is 2. The number of rotatable bonds is 6. The summed E-state index contributed by atoms with van der Waals surface area (Å²) in [6.07, 6.45) is -3.76. The predicted molar refractivity (Wildman–Crippen MR) is 38.0 cm³/mol. The summed E-state index contributed by atoms with van der Waals surface area (Å²) in [5.41, 5.74) is 0. The summed E-state index contributed by atoms with van der Waals surface area (Å²) in [4.78, 5) is 30.2. The number of carboxylic acid groups (broad SMARTS) is 2. The van der Waals surface area contributed by atoms with E-state index in [1.54, 1.807) is 0 Å². The maximum atomic E-state index is 10.2. The Morgan fingerprint density at radius 2 is 1.93 bits per heavy atom. The highest BCUT2D eigenvalue weighted by molar-refractivity contribution is 5.76. The van der Waals surface area contributed by atoms with Crippen LogP contribution in [0.5, 0.6) is 0 Å². The van der Waals surface area contributed by atoms with E-state index >= 15 is 0 Å². The molecule has 4 N–H and O–H groups in total. The van der Waals surface area contributed by atoms with Crippen LogP contribution >= 0.6 is 0 Å². The normalized spacial score (nSPS) is 16.4. The number of aliphatic carboxylic acids is 2. The molecule has 0 aromatic rings. The van der Waals surface area contributed by atoms with Crippen LogP contribution in [-0.4, -0.2) is 50.7 Å². The highest BCUT2D eigenvalue weighted by Gasteiger charge is 2.45. The number of hydrogen-bond donors (Lipinski definition) is 4. The van der Waals surface area contributed by atoms with Gasteiger partial charge in [0.25, 0.3) is 12.3 Å². The Morgan fingerprint density at radius 3 is 2.21 bits per heavy atom. The second-order valence-corrected chi connectivity index (χ2v) is 2.37. The summed E-state index contributed by atoms with van der Waals surface area (Å²) in [7, 11) is 0. The number of carbonyl (C=O) groups is 3. The molecule has 0 amide bonds. The van der Waals surface area contributed by atoms with Gasteiger partial charge in [0.15, 0.2) is 0 Å². The van der Waals surface area contributed by atoms with E-state index in [0.717, 1.165) is 0 Å². The Morgan fingerprint density at radius 1 is 1.43 bits per heavy atom. The molecule has 80 valence electrons. The van der Waals surface area contributed by atoms with Gasteiger partial charge in [0, 0.05) is 0 Å². The SMILES string of the molecule is O=COC(O)(CC(=O)O)C(O)C(=O)O. The Hall–Kier alpha value is -1.67. The van der Waals surface area contributed by atoms with Crippen molar-refractivity contribution in [3.05, 3.63) is 0 Å². The van der Waals surface area contributed by atoms with E-state index in [-0.39, 0.29) is 6.47 Å². The van der Waals surface area contributed by atoms with Gasteiger partial charge in [-0.25, -0.2) is 4.79 Å². The van der Waals surface area contributed by atoms with Crippen molar-refractivity contribution in [2.45, 2.75) is 18.3 Å². The molecule has 0 spiro atoms. The molecule has 0 saturated heterocycles. The molecule has 0 aromatic carbocycles. The zero-order valence-electron chi connectivity index (χ0n) is 6.78. The maximum Gasteiger partial charge on any atom is 0.339 e. The summed E-state index contributed by atoms with van der Waals surface area (Å²) in [6.45, 7) is -0.352. The molecule has 0 radical (unpaired) electrons. The summed E-state index contributed by atoms with van der Waals surface area (Å²) >= 11 is 0. The summed E-state index contributed by atoms with van der Waals surface area (Å²) in [5.74, 6) is -6.50. The molecule has 2 unspecified atom stereocenters. The first kappa shape index (κ1) is 12.3. The van der Waals surface area contributed by atoms with Gasteiger partial charge in [0.2, 0.25) is 6.10 Å². The van der Waals surface area contributed by atoms with Crippen molar-refractivity contribution < 1.29 is 39.5 Å². The largest absolute Gasteiger partial charge is 0.481 e. The van der Waals surface area contributed by atoms with E-state index in [9.17, 15) is 14.4 Å². The molecular formula is C6H8O8. The third-order valence-corrected chi connectivity index (χ3v) is 1.32. The van der Waals surface area contributed by atoms with Gasteiger partial charge in [-0.1, -0.05) is 0 Å². The van der Waals surface area contributed by atoms with E-state index in [2.05, 4.69) is 4.74 Å². The molecule has 0 saturated carbocycles. The lowest BCUT2D eigenvalue weighted by atomic mass is 10.1. The van der Waals surface area contributed by atoms with Crippen molar-refractivity contribution in [1.82, 2.24) is 0 Å². The highest BCUT2D eigenvalue weighted by Crippen LogP contribution is 2.17. The average molecular weight is 208 g/mol. The molecule has 14 heavy (non-hydrogen) atoms. The highest BCUT2D eigenvalue weighted by atomic mass is 16.7. The van der Waals surface area contributed by atoms with Gasteiger partial charge in [-0.3, -0.25) is 9.59 Å². The second kappa shape index (κ2) is 4.53. The minimum absolute atomic E-state index is 0.352. The van der Waals surface area contributed by atoms with Crippen LogP contribution in [0.4, 0.5) is 0 Å². The zero-order valence-corrected chi connectivity index (χ0v) is 6.78. The van der Waals surface area contributed by atoms with E-state index in [1.165, 1.54) is 0 Å². The minimum Gasteiger partial charge on any atom is -0.481 e. The Labute approximate surface area is 77.3 Å². The number of hydrogen-bond acceptors (Lipinski definition) is 6. The maximum absolute atomic E-state index is 10.2. The van der Waals surface area contributed by atoms with Crippen LogP contribution in [0.25, 0.3) is 0 Å². The van der Waals surface area contributed by atoms with Crippen LogP contribution in [0.1, 0.15) is 6.42 Å². The fraction of sp³-hybridized carbons (Fsp3) is 0.500. The van der Waals surface area contributed by atoms with Crippen LogP contribution < -0.4 is 0 Å². The molecule has 2 atom stereocenters. The van der Waals surface area contributed by atoms with Crippen molar-refractivity contribution in [2.75, 3.05) is 0 Å². The molecule has 0 aliphatic carbocycles. The van der Waals surface area contributed by atoms with Crippen molar-refractivity contribution in [1.29, 1.82) is 0 Å².